The zero-order valence-electron chi connectivity index (χ0n) is 9.40. The zero-order valence-corrected chi connectivity index (χ0v) is 9.40. The molecule has 0 aliphatic rings. The third kappa shape index (κ3) is 2.01. The lowest BCUT2D eigenvalue weighted by molar-refractivity contribution is 0.859. The number of hydrogen-bond donors (Lipinski definition) is 1. The van der Waals surface area contributed by atoms with Crippen molar-refractivity contribution in [1.82, 2.24) is 0 Å². The van der Waals surface area contributed by atoms with Crippen molar-refractivity contribution in [1.29, 1.82) is 0 Å². The third-order valence-corrected chi connectivity index (χ3v) is 2.73. The van der Waals surface area contributed by atoms with Crippen molar-refractivity contribution in [2.24, 2.45) is 0 Å². The third-order valence-electron chi connectivity index (χ3n) is 2.73. The first kappa shape index (κ1) is 10.6. The van der Waals surface area contributed by atoms with Crippen molar-refractivity contribution >= 4 is 16.5 Å². The van der Waals surface area contributed by atoms with E-state index in [9.17, 15) is 0 Å². The summed E-state index contributed by atoms with van der Waals surface area (Å²) in [7, 11) is 0. The molecule has 1 atom stereocenters. The first-order chi connectivity index (χ1) is 7.85. The summed E-state index contributed by atoms with van der Waals surface area (Å²) in [6, 6.07) is 14.6. The molecule has 0 spiro atoms. The van der Waals surface area contributed by atoms with E-state index in [0.29, 0.717) is 0 Å². The molecule has 80 valence electrons. The number of terminal acetylenes is 1. The second kappa shape index (κ2) is 4.72. The van der Waals surface area contributed by atoms with Crippen LogP contribution in [0.5, 0.6) is 0 Å². The van der Waals surface area contributed by atoms with E-state index in [1.54, 1.807) is 0 Å². The van der Waals surface area contributed by atoms with Gasteiger partial charge in [-0.25, -0.2) is 0 Å². The fraction of sp³-hybridized carbons (Fsp3) is 0.200. The highest BCUT2D eigenvalue weighted by Gasteiger charge is 2.04. The maximum atomic E-state index is 5.46. The van der Waals surface area contributed by atoms with E-state index in [0.717, 1.165) is 12.1 Å². The molecule has 0 aliphatic heterocycles. The summed E-state index contributed by atoms with van der Waals surface area (Å²) in [4.78, 5) is 0. The lowest BCUT2D eigenvalue weighted by atomic mass is 10.1. The van der Waals surface area contributed by atoms with Gasteiger partial charge in [0, 0.05) is 11.1 Å². The Bertz CT molecular complexity index is 517. The van der Waals surface area contributed by atoms with Crippen LogP contribution in [0.4, 0.5) is 5.69 Å². The van der Waals surface area contributed by atoms with Crippen molar-refractivity contribution in [3.05, 3.63) is 42.5 Å². The summed E-state index contributed by atoms with van der Waals surface area (Å²) >= 11 is 0. The summed E-state index contributed by atoms with van der Waals surface area (Å²) < 4.78 is 0. The molecule has 0 amide bonds. The highest BCUT2D eigenvalue weighted by molar-refractivity contribution is 5.93. The van der Waals surface area contributed by atoms with Gasteiger partial charge in [0.2, 0.25) is 0 Å². The van der Waals surface area contributed by atoms with Crippen LogP contribution in [0.25, 0.3) is 10.8 Å². The van der Waals surface area contributed by atoms with Crippen LogP contribution in [-0.2, 0) is 0 Å². The van der Waals surface area contributed by atoms with Crippen molar-refractivity contribution in [3.8, 4) is 12.3 Å². The van der Waals surface area contributed by atoms with Crippen LogP contribution >= 0.6 is 0 Å². The Morgan fingerprint density at radius 2 is 1.94 bits per heavy atom. The van der Waals surface area contributed by atoms with Gasteiger partial charge in [0.25, 0.3) is 0 Å². The molecule has 0 radical (unpaired) electrons. The summed E-state index contributed by atoms with van der Waals surface area (Å²) in [5.74, 6) is 2.75. The lowest BCUT2D eigenvalue weighted by Gasteiger charge is -2.14. The standard InChI is InChI=1S/C15H15N/c1-3-13(4-2)16-15-11-7-9-12-8-5-6-10-14(12)15/h1,5-11,13,16H,4H2,2H3. The van der Waals surface area contributed by atoms with Gasteiger partial charge < -0.3 is 5.32 Å². The molecule has 0 saturated carbocycles. The predicted octanol–water partition coefficient (Wildman–Crippen LogP) is 3.66. The summed E-state index contributed by atoms with van der Waals surface area (Å²) in [6.45, 7) is 2.09. The molecule has 1 heteroatoms. The van der Waals surface area contributed by atoms with Gasteiger partial charge in [0.1, 0.15) is 0 Å². The molecule has 0 fully saturated rings. The first-order valence-electron chi connectivity index (χ1n) is 5.55. The molecule has 2 rings (SSSR count). The van der Waals surface area contributed by atoms with Crippen molar-refractivity contribution in [2.45, 2.75) is 19.4 Å². The maximum absolute atomic E-state index is 5.46. The molecule has 1 unspecified atom stereocenters. The Labute approximate surface area is 96.5 Å². The van der Waals surface area contributed by atoms with Crippen molar-refractivity contribution in [2.75, 3.05) is 5.32 Å². The quantitative estimate of drug-likeness (QED) is 0.761. The Hall–Kier alpha value is -1.94. The monoisotopic (exact) mass is 209 g/mol. The average Bonchev–Trinajstić information content (AvgIpc) is 2.36. The fourth-order valence-corrected chi connectivity index (χ4v) is 1.80. The summed E-state index contributed by atoms with van der Waals surface area (Å²) in [5.41, 5.74) is 1.11. The lowest BCUT2D eigenvalue weighted by Crippen LogP contribution is -2.15. The molecule has 1 nitrogen and oxygen atoms in total. The number of anilines is 1. The van der Waals surface area contributed by atoms with Crippen LogP contribution in [-0.4, -0.2) is 6.04 Å². The SMILES string of the molecule is C#CC(CC)Nc1cccc2ccccc12. The predicted molar refractivity (Wildman–Crippen MR) is 70.5 cm³/mol. The van der Waals surface area contributed by atoms with Gasteiger partial charge in [-0.15, -0.1) is 6.42 Å². The van der Waals surface area contributed by atoms with Gasteiger partial charge >= 0.3 is 0 Å². The zero-order chi connectivity index (χ0) is 11.4. The fourth-order valence-electron chi connectivity index (χ4n) is 1.80. The van der Waals surface area contributed by atoms with E-state index in [1.165, 1.54) is 10.8 Å². The van der Waals surface area contributed by atoms with Crippen LogP contribution < -0.4 is 5.32 Å². The van der Waals surface area contributed by atoms with Crippen LogP contribution in [0.15, 0.2) is 42.5 Å². The molecular formula is C15H15N. The molecule has 16 heavy (non-hydrogen) atoms. The normalized spacial score (nSPS) is 12.0. The maximum Gasteiger partial charge on any atom is 0.0871 e. The molecule has 2 aromatic rings. The van der Waals surface area contributed by atoms with Crippen LogP contribution in [0.3, 0.4) is 0 Å². The molecule has 0 aliphatic carbocycles. The Kier molecular flexibility index (Phi) is 3.12. The van der Waals surface area contributed by atoms with E-state index in [-0.39, 0.29) is 6.04 Å². The summed E-state index contributed by atoms with van der Waals surface area (Å²) in [6.07, 6.45) is 6.39. The van der Waals surface area contributed by atoms with Gasteiger partial charge in [-0.05, 0) is 17.9 Å². The molecule has 1 N–H and O–H groups in total. The summed E-state index contributed by atoms with van der Waals surface area (Å²) in [5, 5.41) is 5.84. The second-order valence-corrected chi connectivity index (χ2v) is 3.80. The van der Waals surface area contributed by atoms with E-state index >= 15 is 0 Å². The van der Waals surface area contributed by atoms with E-state index in [4.69, 9.17) is 6.42 Å². The van der Waals surface area contributed by atoms with Crippen molar-refractivity contribution in [3.63, 3.8) is 0 Å². The Morgan fingerprint density at radius 1 is 1.19 bits per heavy atom. The Morgan fingerprint density at radius 3 is 2.69 bits per heavy atom. The smallest absolute Gasteiger partial charge is 0.0871 e. The van der Waals surface area contributed by atoms with Crippen LogP contribution in [0.1, 0.15) is 13.3 Å². The molecule has 0 bridgehead atoms. The second-order valence-electron chi connectivity index (χ2n) is 3.80. The molecular weight excluding hydrogens is 194 g/mol. The van der Waals surface area contributed by atoms with Crippen LogP contribution in [0.2, 0.25) is 0 Å². The largest absolute Gasteiger partial charge is 0.371 e. The van der Waals surface area contributed by atoms with Gasteiger partial charge in [-0.1, -0.05) is 49.2 Å². The van der Waals surface area contributed by atoms with E-state index in [1.807, 2.05) is 18.2 Å². The number of hydrogen-bond acceptors (Lipinski definition) is 1. The number of nitrogens with one attached hydrogen (secondary N) is 1. The Balaban J connectivity index is 2.41. The molecule has 0 heterocycles. The highest BCUT2D eigenvalue weighted by Crippen LogP contribution is 2.23. The first-order valence-corrected chi connectivity index (χ1v) is 5.55. The van der Waals surface area contributed by atoms with Gasteiger partial charge in [0.15, 0.2) is 0 Å². The molecule has 0 aromatic heterocycles. The number of fused-ring (bicyclic) bond motifs is 1. The van der Waals surface area contributed by atoms with Gasteiger partial charge in [0.05, 0.1) is 6.04 Å². The number of benzene rings is 2. The number of rotatable bonds is 3. The van der Waals surface area contributed by atoms with Crippen molar-refractivity contribution < 1.29 is 0 Å². The minimum absolute atomic E-state index is 0.103. The molecule has 2 aromatic carbocycles. The van der Waals surface area contributed by atoms with E-state index in [2.05, 4.69) is 42.4 Å². The van der Waals surface area contributed by atoms with Crippen LogP contribution in [0, 0.1) is 12.3 Å². The topological polar surface area (TPSA) is 12.0 Å². The van der Waals surface area contributed by atoms with Gasteiger partial charge in [-0.2, -0.15) is 0 Å². The molecule has 0 saturated heterocycles. The highest BCUT2D eigenvalue weighted by atomic mass is 14.9. The van der Waals surface area contributed by atoms with Gasteiger partial charge in [-0.3, -0.25) is 0 Å². The average molecular weight is 209 g/mol. The minimum Gasteiger partial charge on any atom is -0.371 e. The van der Waals surface area contributed by atoms with E-state index < -0.39 is 0 Å². The minimum atomic E-state index is 0.103.